The summed E-state index contributed by atoms with van der Waals surface area (Å²) in [4.78, 5) is 70.4. The van der Waals surface area contributed by atoms with E-state index in [1.165, 1.54) is 16.7 Å². The van der Waals surface area contributed by atoms with Crippen LogP contribution in [0.5, 0.6) is 0 Å². The Morgan fingerprint density at radius 3 is 1.80 bits per heavy atom. The van der Waals surface area contributed by atoms with Crippen molar-refractivity contribution in [1.29, 1.82) is 0 Å². The van der Waals surface area contributed by atoms with Crippen LogP contribution in [0.4, 0.5) is 0 Å². The van der Waals surface area contributed by atoms with Crippen LogP contribution in [0.2, 0.25) is 0 Å². The van der Waals surface area contributed by atoms with Gasteiger partial charge in [0.15, 0.2) is 0 Å². The topological polar surface area (TPSA) is 119 Å². The Hall–Kier alpha value is -2.65. The summed E-state index contributed by atoms with van der Waals surface area (Å²) < 4.78 is 0. The number of likely N-dealkylation sites (tertiary alicyclic amines) is 1. The highest BCUT2D eigenvalue weighted by atomic mass is 16.2. The summed E-state index contributed by atoms with van der Waals surface area (Å²) in [6, 6.07) is -3.07. The smallest absolute Gasteiger partial charge is 0.245 e. The van der Waals surface area contributed by atoms with Gasteiger partial charge in [-0.1, -0.05) is 48.0 Å². The van der Waals surface area contributed by atoms with Gasteiger partial charge in [0.25, 0.3) is 0 Å². The number of amides is 5. The van der Waals surface area contributed by atoms with Crippen LogP contribution in [0.25, 0.3) is 0 Å². The molecular formula is C30H55N5O5. The zero-order chi connectivity index (χ0) is 30.7. The van der Waals surface area contributed by atoms with E-state index in [9.17, 15) is 24.0 Å². The van der Waals surface area contributed by atoms with Crippen LogP contribution >= 0.6 is 0 Å². The molecule has 1 heterocycles. The van der Waals surface area contributed by atoms with Gasteiger partial charge in [-0.2, -0.15) is 0 Å². The minimum atomic E-state index is -0.854. The molecule has 1 aliphatic heterocycles. The minimum absolute atomic E-state index is 0.0595. The Morgan fingerprint density at radius 2 is 1.32 bits per heavy atom. The molecule has 0 aliphatic carbocycles. The van der Waals surface area contributed by atoms with Gasteiger partial charge in [-0.15, -0.1) is 0 Å². The molecule has 1 fully saturated rings. The molecule has 1 rings (SSSR count). The SMILES string of the molecule is CC[C@H](C)[C@H](NC(=O)[C@H](C)N(C)C(=O)[C@H](CC(C)C)N(C)C(=O)[C@H](CC(C)C)NC(C)=O)C(=O)N1CCCCC1. The van der Waals surface area contributed by atoms with Crippen molar-refractivity contribution in [3.8, 4) is 0 Å². The summed E-state index contributed by atoms with van der Waals surface area (Å²) in [5.41, 5.74) is 0. The molecule has 5 atom stereocenters. The first kappa shape index (κ1) is 35.4. The maximum Gasteiger partial charge on any atom is 0.245 e. The van der Waals surface area contributed by atoms with Gasteiger partial charge in [0.1, 0.15) is 24.2 Å². The quantitative estimate of drug-likeness (QED) is 0.336. The number of hydrogen-bond donors (Lipinski definition) is 2. The van der Waals surface area contributed by atoms with Gasteiger partial charge in [-0.05, 0) is 56.8 Å². The zero-order valence-electron chi connectivity index (χ0n) is 26.6. The van der Waals surface area contributed by atoms with E-state index < -0.39 is 30.1 Å². The van der Waals surface area contributed by atoms with Crippen LogP contribution in [0.3, 0.4) is 0 Å². The molecule has 0 aromatic carbocycles. The second-order valence-electron chi connectivity index (χ2n) is 12.4. The maximum absolute atomic E-state index is 13.8. The monoisotopic (exact) mass is 565 g/mol. The third kappa shape index (κ3) is 10.4. The molecule has 0 unspecified atom stereocenters. The van der Waals surface area contributed by atoms with Crippen LogP contribution < -0.4 is 10.6 Å². The van der Waals surface area contributed by atoms with Crippen molar-refractivity contribution in [3.63, 3.8) is 0 Å². The van der Waals surface area contributed by atoms with E-state index in [0.717, 1.165) is 25.7 Å². The van der Waals surface area contributed by atoms with E-state index in [0.29, 0.717) is 25.9 Å². The molecule has 0 radical (unpaired) electrons. The molecule has 10 heteroatoms. The zero-order valence-corrected chi connectivity index (χ0v) is 26.6. The molecule has 2 N–H and O–H groups in total. The average molecular weight is 566 g/mol. The van der Waals surface area contributed by atoms with Crippen LogP contribution in [0.1, 0.15) is 93.9 Å². The van der Waals surface area contributed by atoms with Crippen molar-refractivity contribution >= 4 is 29.5 Å². The maximum atomic E-state index is 13.8. The Labute approximate surface area is 242 Å². The van der Waals surface area contributed by atoms with E-state index in [1.54, 1.807) is 21.0 Å². The average Bonchev–Trinajstić information content (AvgIpc) is 2.91. The number of carbonyl (C=O) groups excluding carboxylic acids is 5. The summed E-state index contributed by atoms with van der Waals surface area (Å²) in [6.07, 6.45) is 4.60. The molecule has 0 aromatic rings. The van der Waals surface area contributed by atoms with Crippen LogP contribution in [0, 0.1) is 17.8 Å². The Bertz CT molecular complexity index is 871. The molecule has 0 bridgehead atoms. The lowest BCUT2D eigenvalue weighted by molar-refractivity contribution is -0.149. The molecule has 40 heavy (non-hydrogen) atoms. The van der Waals surface area contributed by atoms with Crippen molar-refractivity contribution in [3.05, 3.63) is 0 Å². The predicted molar refractivity (Wildman–Crippen MR) is 157 cm³/mol. The van der Waals surface area contributed by atoms with E-state index in [4.69, 9.17) is 0 Å². The van der Waals surface area contributed by atoms with Crippen molar-refractivity contribution in [2.75, 3.05) is 27.2 Å². The van der Waals surface area contributed by atoms with Crippen LogP contribution in [0.15, 0.2) is 0 Å². The largest absolute Gasteiger partial charge is 0.345 e. The first-order valence-corrected chi connectivity index (χ1v) is 15.0. The third-order valence-corrected chi connectivity index (χ3v) is 7.93. The minimum Gasteiger partial charge on any atom is -0.345 e. The van der Waals surface area contributed by atoms with E-state index in [2.05, 4.69) is 10.6 Å². The lowest BCUT2D eigenvalue weighted by atomic mass is 9.96. The standard InChI is InChI=1S/C30H55N5O5/c1-11-21(6)26(30(40)35-15-13-12-14-16-35)32-27(37)22(7)33(9)29(39)25(18-20(4)5)34(10)28(38)24(17-19(2)3)31-23(8)36/h19-22,24-26H,11-18H2,1-10H3,(H,31,36)(H,32,37)/t21-,22-,24-,25-,26-/m0/s1. The van der Waals surface area contributed by atoms with Gasteiger partial charge >= 0.3 is 0 Å². The normalized spacial score (nSPS) is 17.4. The van der Waals surface area contributed by atoms with Gasteiger partial charge in [-0.3, -0.25) is 24.0 Å². The molecule has 1 aliphatic rings. The molecule has 5 amide bonds. The van der Waals surface area contributed by atoms with Gasteiger partial charge in [-0.25, -0.2) is 0 Å². The van der Waals surface area contributed by atoms with E-state index in [1.807, 2.05) is 46.4 Å². The summed E-state index contributed by atoms with van der Waals surface area (Å²) in [7, 11) is 3.14. The molecule has 10 nitrogen and oxygen atoms in total. The molecule has 0 aromatic heterocycles. The molecule has 0 spiro atoms. The highest BCUT2D eigenvalue weighted by Crippen LogP contribution is 2.19. The number of nitrogens with zero attached hydrogens (tertiary/aromatic N) is 3. The van der Waals surface area contributed by atoms with Crippen LogP contribution in [-0.2, 0) is 24.0 Å². The summed E-state index contributed by atoms with van der Waals surface area (Å²) >= 11 is 0. The molecule has 0 saturated carbocycles. The lowest BCUT2D eigenvalue weighted by Gasteiger charge is -2.37. The van der Waals surface area contributed by atoms with Crippen molar-refractivity contribution < 1.29 is 24.0 Å². The fourth-order valence-corrected chi connectivity index (χ4v) is 5.08. The fraction of sp³-hybridized carbons (Fsp3) is 0.833. The number of nitrogens with one attached hydrogen (secondary N) is 2. The van der Waals surface area contributed by atoms with Crippen LogP contribution in [-0.4, -0.2) is 95.6 Å². The number of carbonyl (C=O) groups is 5. The molecular weight excluding hydrogens is 510 g/mol. The number of piperidine rings is 1. The summed E-state index contributed by atoms with van der Waals surface area (Å²) in [6.45, 7) is 16.2. The third-order valence-electron chi connectivity index (χ3n) is 7.93. The fourth-order valence-electron chi connectivity index (χ4n) is 5.08. The van der Waals surface area contributed by atoms with Gasteiger partial charge in [0, 0.05) is 34.1 Å². The highest BCUT2D eigenvalue weighted by Gasteiger charge is 2.37. The van der Waals surface area contributed by atoms with Crippen molar-refractivity contribution in [2.24, 2.45) is 17.8 Å². The second-order valence-corrected chi connectivity index (χ2v) is 12.4. The first-order valence-electron chi connectivity index (χ1n) is 15.0. The Balaban J connectivity index is 3.12. The lowest BCUT2D eigenvalue weighted by Crippen LogP contribution is -2.59. The number of likely N-dealkylation sites (N-methyl/N-ethyl adjacent to an activating group) is 2. The van der Waals surface area contributed by atoms with Gasteiger partial charge in [0.05, 0.1) is 0 Å². The number of rotatable bonds is 14. The van der Waals surface area contributed by atoms with Gasteiger partial charge < -0.3 is 25.3 Å². The molecule has 1 saturated heterocycles. The summed E-state index contributed by atoms with van der Waals surface area (Å²) in [5.74, 6) is -1.28. The van der Waals surface area contributed by atoms with Crippen molar-refractivity contribution in [2.45, 2.75) is 118 Å². The molecule has 230 valence electrons. The predicted octanol–water partition coefficient (Wildman–Crippen LogP) is 2.80. The van der Waals surface area contributed by atoms with Crippen molar-refractivity contribution in [1.82, 2.24) is 25.3 Å². The highest BCUT2D eigenvalue weighted by molar-refractivity contribution is 5.95. The Kier molecular flexibility index (Phi) is 14.7. The van der Waals surface area contributed by atoms with E-state index in [-0.39, 0.29) is 41.4 Å². The van der Waals surface area contributed by atoms with E-state index >= 15 is 0 Å². The summed E-state index contributed by atoms with van der Waals surface area (Å²) in [5, 5.41) is 5.67. The number of hydrogen-bond acceptors (Lipinski definition) is 5. The first-order chi connectivity index (χ1) is 18.6. The van der Waals surface area contributed by atoms with Gasteiger partial charge in [0.2, 0.25) is 29.5 Å². The Morgan fingerprint density at radius 1 is 0.775 bits per heavy atom. The second kappa shape index (κ2) is 16.6.